The predicted octanol–water partition coefficient (Wildman–Crippen LogP) is 5.72. The van der Waals surface area contributed by atoms with Gasteiger partial charge in [0.1, 0.15) is 18.2 Å². The molecule has 5 nitrogen and oxygen atoms in total. The molecular weight excluding hydrogens is 451 g/mol. The number of rotatable bonds is 8. The first-order chi connectivity index (χ1) is 15.5. The minimum Gasteiger partial charge on any atom is -0.494 e. The SMILES string of the molecule is O=c1scc(O)n1[C@H](CCc1cccnc1)COc1ccc(-c2ccc(F)c(Cl)c2)cc1. The molecule has 32 heavy (non-hydrogen) atoms. The second kappa shape index (κ2) is 9.97. The smallest absolute Gasteiger partial charge is 0.310 e. The molecule has 1 N–H and O–H groups in total. The van der Waals surface area contributed by atoms with E-state index in [1.54, 1.807) is 36.7 Å². The highest BCUT2D eigenvalue weighted by Gasteiger charge is 2.19. The first kappa shape index (κ1) is 22.0. The molecule has 2 aromatic heterocycles. The van der Waals surface area contributed by atoms with Crippen molar-refractivity contribution in [3.05, 3.63) is 98.4 Å². The van der Waals surface area contributed by atoms with Crippen molar-refractivity contribution < 1.29 is 14.2 Å². The summed E-state index contributed by atoms with van der Waals surface area (Å²) in [7, 11) is 0. The quantitative estimate of drug-likeness (QED) is 0.357. The van der Waals surface area contributed by atoms with Crippen LogP contribution in [0.4, 0.5) is 4.39 Å². The van der Waals surface area contributed by atoms with Crippen molar-refractivity contribution in [2.24, 2.45) is 0 Å². The van der Waals surface area contributed by atoms with Crippen molar-refractivity contribution >= 4 is 22.9 Å². The molecule has 0 aliphatic rings. The molecular formula is C24H20ClFN2O3S. The Labute approximate surface area is 193 Å². The van der Waals surface area contributed by atoms with Gasteiger partial charge in [-0.15, -0.1) is 0 Å². The topological polar surface area (TPSA) is 64.3 Å². The van der Waals surface area contributed by atoms with E-state index in [9.17, 15) is 14.3 Å². The van der Waals surface area contributed by atoms with Crippen molar-refractivity contribution in [1.82, 2.24) is 9.55 Å². The number of aromatic nitrogens is 2. The number of hydrogen-bond acceptors (Lipinski definition) is 5. The molecule has 0 aliphatic heterocycles. The largest absolute Gasteiger partial charge is 0.494 e. The Morgan fingerprint density at radius 1 is 1.16 bits per heavy atom. The number of aromatic hydroxyl groups is 1. The van der Waals surface area contributed by atoms with Crippen molar-refractivity contribution in [3.63, 3.8) is 0 Å². The Hall–Kier alpha value is -3.16. The zero-order valence-corrected chi connectivity index (χ0v) is 18.5. The summed E-state index contributed by atoms with van der Waals surface area (Å²) in [5.74, 6) is 0.0963. The number of pyridine rings is 1. The molecule has 0 saturated heterocycles. The zero-order valence-electron chi connectivity index (χ0n) is 16.9. The van der Waals surface area contributed by atoms with Gasteiger partial charge in [-0.1, -0.05) is 47.2 Å². The summed E-state index contributed by atoms with van der Waals surface area (Å²) in [6.45, 7) is 0.214. The molecule has 4 aromatic rings. The molecule has 0 unspecified atom stereocenters. The Balaban J connectivity index is 1.47. The second-order valence-electron chi connectivity index (χ2n) is 7.25. The molecule has 8 heteroatoms. The average molecular weight is 471 g/mol. The van der Waals surface area contributed by atoms with Gasteiger partial charge in [-0.25, -0.2) is 4.39 Å². The van der Waals surface area contributed by atoms with Crippen LogP contribution in [-0.4, -0.2) is 21.3 Å². The highest BCUT2D eigenvalue weighted by molar-refractivity contribution is 7.07. The van der Waals surface area contributed by atoms with E-state index in [0.29, 0.717) is 18.6 Å². The van der Waals surface area contributed by atoms with Crippen LogP contribution in [0, 0.1) is 5.82 Å². The number of benzene rings is 2. The summed E-state index contributed by atoms with van der Waals surface area (Å²) >= 11 is 6.83. The molecule has 0 aliphatic carbocycles. The first-order valence-corrected chi connectivity index (χ1v) is 11.2. The van der Waals surface area contributed by atoms with Gasteiger partial charge in [-0.2, -0.15) is 0 Å². The molecule has 1 atom stereocenters. The normalized spacial score (nSPS) is 11.9. The fraction of sp³-hybridized carbons (Fsp3) is 0.167. The van der Waals surface area contributed by atoms with Crippen LogP contribution in [0.3, 0.4) is 0 Å². The molecule has 0 saturated carbocycles. The van der Waals surface area contributed by atoms with Gasteiger partial charge >= 0.3 is 4.87 Å². The number of hydrogen-bond donors (Lipinski definition) is 1. The van der Waals surface area contributed by atoms with E-state index >= 15 is 0 Å². The minimum atomic E-state index is -0.459. The third-order valence-corrected chi connectivity index (χ3v) is 6.13. The Kier molecular flexibility index (Phi) is 6.87. The van der Waals surface area contributed by atoms with Gasteiger partial charge in [-0.3, -0.25) is 14.3 Å². The molecule has 164 valence electrons. The highest BCUT2D eigenvalue weighted by atomic mass is 35.5. The maximum absolute atomic E-state index is 13.4. The fourth-order valence-corrected chi connectivity index (χ4v) is 4.28. The van der Waals surface area contributed by atoms with Crippen LogP contribution >= 0.6 is 22.9 Å². The summed E-state index contributed by atoms with van der Waals surface area (Å²) in [5.41, 5.74) is 2.72. The Morgan fingerprint density at radius 2 is 1.94 bits per heavy atom. The van der Waals surface area contributed by atoms with Gasteiger partial charge in [0.25, 0.3) is 0 Å². The number of nitrogens with zero attached hydrogens (tertiary/aromatic N) is 2. The van der Waals surface area contributed by atoms with E-state index in [4.69, 9.17) is 16.3 Å². The van der Waals surface area contributed by atoms with Crippen LogP contribution in [0.5, 0.6) is 11.6 Å². The van der Waals surface area contributed by atoms with E-state index in [1.165, 1.54) is 16.0 Å². The maximum atomic E-state index is 13.4. The van der Waals surface area contributed by atoms with Crippen LogP contribution in [0.1, 0.15) is 18.0 Å². The molecule has 0 fully saturated rings. The third kappa shape index (κ3) is 5.18. The van der Waals surface area contributed by atoms with Crippen LogP contribution in [-0.2, 0) is 6.42 Å². The second-order valence-corrected chi connectivity index (χ2v) is 8.48. The lowest BCUT2D eigenvalue weighted by molar-refractivity contribution is 0.228. The van der Waals surface area contributed by atoms with Crippen LogP contribution in [0.15, 0.2) is 77.2 Å². The zero-order chi connectivity index (χ0) is 22.5. The van der Waals surface area contributed by atoms with Crippen molar-refractivity contribution in [1.29, 1.82) is 0 Å². The molecule has 4 rings (SSSR count). The van der Waals surface area contributed by atoms with E-state index in [1.807, 2.05) is 24.3 Å². The monoisotopic (exact) mass is 470 g/mol. The summed E-state index contributed by atoms with van der Waals surface area (Å²) in [4.78, 5) is 16.2. The van der Waals surface area contributed by atoms with E-state index in [2.05, 4.69) is 4.98 Å². The van der Waals surface area contributed by atoms with E-state index in [-0.39, 0.29) is 28.4 Å². The van der Waals surface area contributed by atoms with E-state index in [0.717, 1.165) is 28.0 Å². The van der Waals surface area contributed by atoms with Gasteiger partial charge < -0.3 is 9.84 Å². The van der Waals surface area contributed by atoms with Crippen LogP contribution in [0.2, 0.25) is 5.02 Å². The summed E-state index contributed by atoms with van der Waals surface area (Å²) in [6.07, 6.45) is 4.79. The first-order valence-electron chi connectivity index (χ1n) is 9.97. The molecule has 0 amide bonds. The summed E-state index contributed by atoms with van der Waals surface area (Å²) in [6, 6.07) is 15.4. The number of ether oxygens (including phenoxy) is 1. The standard InChI is InChI=1S/C24H20ClFN2O3S/c25-21-12-18(6-10-22(21)26)17-4-8-20(9-5-17)31-14-19(28-23(29)15-32-24(28)30)7-3-16-2-1-11-27-13-16/h1-2,4-6,8-13,15,19,29H,3,7,14H2/t19-/m1/s1. The molecule has 2 aromatic carbocycles. The lowest BCUT2D eigenvalue weighted by atomic mass is 10.1. The summed E-state index contributed by atoms with van der Waals surface area (Å²) in [5, 5.41) is 11.7. The lowest BCUT2D eigenvalue weighted by Gasteiger charge is -2.19. The van der Waals surface area contributed by atoms with Gasteiger partial charge in [0.05, 0.1) is 16.4 Å². The summed E-state index contributed by atoms with van der Waals surface area (Å²) < 4.78 is 20.7. The number of thiazole rings is 1. The van der Waals surface area contributed by atoms with Crippen molar-refractivity contribution in [2.75, 3.05) is 6.61 Å². The number of halogens is 2. The van der Waals surface area contributed by atoms with Gasteiger partial charge in [0.2, 0.25) is 5.88 Å². The van der Waals surface area contributed by atoms with Crippen molar-refractivity contribution in [3.8, 4) is 22.8 Å². The molecule has 0 bridgehead atoms. The van der Waals surface area contributed by atoms with Crippen LogP contribution in [0.25, 0.3) is 11.1 Å². The maximum Gasteiger partial charge on any atom is 0.310 e. The Morgan fingerprint density at radius 3 is 2.59 bits per heavy atom. The minimum absolute atomic E-state index is 0.0664. The third-order valence-electron chi connectivity index (χ3n) is 5.11. The molecule has 2 heterocycles. The van der Waals surface area contributed by atoms with Gasteiger partial charge in [0, 0.05) is 12.4 Å². The highest BCUT2D eigenvalue weighted by Crippen LogP contribution is 2.27. The van der Waals surface area contributed by atoms with Gasteiger partial charge in [-0.05, 0) is 59.9 Å². The van der Waals surface area contributed by atoms with Crippen molar-refractivity contribution in [2.45, 2.75) is 18.9 Å². The fourth-order valence-electron chi connectivity index (χ4n) is 3.42. The van der Waals surface area contributed by atoms with Gasteiger partial charge in [0.15, 0.2) is 0 Å². The average Bonchev–Trinajstić information content (AvgIpc) is 3.15. The predicted molar refractivity (Wildman–Crippen MR) is 124 cm³/mol. The molecule has 0 spiro atoms. The number of aryl methyl sites for hydroxylation is 1. The molecule has 0 radical (unpaired) electrons. The van der Waals surface area contributed by atoms with E-state index < -0.39 is 5.82 Å². The lowest BCUT2D eigenvalue weighted by Crippen LogP contribution is -2.25. The Bertz CT molecular complexity index is 1240. The van der Waals surface area contributed by atoms with Crippen LogP contribution < -0.4 is 9.61 Å².